The van der Waals surface area contributed by atoms with Crippen LogP contribution in [0.25, 0.3) is 17.0 Å². The topological polar surface area (TPSA) is 49.6 Å². The summed E-state index contributed by atoms with van der Waals surface area (Å²) >= 11 is 0. The van der Waals surface area contributed by atoms with Gasteiger partial charge in [0.15, 0.2) is 0 Å². The van der Waals surface area contributed by atoms with Gasteiger partial charge in [0.1, 0.15) is 12.1 Å². The van der Waals surface area contributed by atoms with E-state index in [1.807, 2.05) is 22.7 Å². The third-order valence-electron chi connectivity index (χ3n) is 6.11. The molecular formula is C25H28N6. The second-order valence-electron chi connectivity index (χ2n) is 8.25. The summed E-state index contributed by atoms with van der Waals surface area (Å²) in [6, 6.07) is 23.2. The van der Waals surface area contributed by atoms with Crippen LogP contribution in [0.1, 0.15) is 18.9 Å². The Morgan fingerprint density at radius 3 is 2.58 bits per heavy atom. The Morgan fingerprint density at radius 1 is 1.03 bits per heavy atom. The van der Waals surface area contributed by atoms with Crippen molar-refractivity contribution in [1.82, 2.24) is 24.5 Å². The number of likely N-dealkylation sites (tertiary alicyclic amines) is 1. The van der Waals surface area contributed by atoms with E-state index >= 15 is 0 Å². The van der Waals surface area contributed by atoms with E-state index < -0.39 is 0 Å². The van der Waals surface area contributed by atoms with Crippen LogP contribution < -0.4 is 4.90 Å². The van der Waals surface area contributed by atoms with Crippen molar-refractivity contribution < 1.29 is 0 Å². The highest BCUT2D eigenvalue weighted by molar-refractivity contribution is 5.65. The van der Waals surface area contributed by atoms with Crippen molar-refractivity contribution in [2.24, 2.45) is 5.92 Å². The standard InChI is InChI=1S/C25H28N6/c1-2-30(18-21-13-14-29(17-21)16-20-9-5-3-6-10-20)24-15-23(22-11-7-4-8-12-22)28-25-26-19-27-31(24)25/h3-12,15,19,21H,2,13-14,16-18H2,1H3. The number of benzene rings is 2. The maximum atomic E-state index is 4.73. The fraction of sp³-hybridized carbons (Fsp3) is 0.320. The van der Waals surface area contributed by atoms with E-state index in [1.165, 1.54) is 12.0 Å². The molecule has 6 nitrogen and oxygen atoms in total. The largest absolute Gasteiger partial charge is 0.356 e. The van der Waals surface area contributed by atoms with Crippen LogP contribution in [-0.4, -0.2) is 50.7 Å². The number of hydrogen-bond donors (Lipinski definition) is 0. The number of hydrogen-bond acceptors (Lipinski definition) is 5. The Labute approximate surface area is 183 Å². The Kier molecular flexibility index (Phi) is 5.63. The highest BCUT2D eigenvalue weighted by Crippen LogP contribution is 2.26. The molecule has 1 aliphatic heterocycles. The molecule has 0 aliphatic carbocycles. The molecule has 0 amide bonds. The maximum absolute atomic E-state index is 4.73. The quantitative estimate of drug-likeness (QED) is 0.457. The Balaban J connectivity index is 1.36. The van der Waals surface area contributed by atoms with Crippen molar-refractivity contribution in [2.45, 2.75) is 19.9 Å². The first-order chi connectivity index (χ1) is 15.3. The van der Waals surface area contributed by atoms with E-state index in [0.29, 0.717) is 11.7 Å². The van der Waals surface area contributed by atoms with Gasteiger partial charge in [0.2, 0.25) is 0 Å². The van der Waals surface area contributed by atoms with Crippen molar-refractivity contribution in [3.8, 4) is 11.3 Å². The maximum Gasteiger partial charge on any atom is 0.254 e. The molecule has 3 heterocycles. The lowest BCUT2D eigenvalue weighted by atomic mass is 10.1. The molecular weight excluding hydrogens is 384 g/mol. The first kappa shape index (κ1) is 19.7. The smallest absolute Gasteiger partial charge is 0.254 e. The third kappa shape index (κ3) is 4.30. The fourth-order valence-corrected chi connectivity index (χ4v) is 4.52. The molecule has 2 aromatic heterocycles. The molecule has 4 aromatic rings. The normalized spacial score (nSPS) is 16.7. The SMILES string of the molecule is CCN(CC1CCN(Cc2ccccc2)C1)c1cc(-c2ccccc2)nc2ncnn12. The van der Waals surface area contributed by atoms with Crippen LogP contribution in [0, 0.1) is 5.92 Å². The monoisotopic (exact) mass is 412 g/mol. The van der Waals surface area contributed by atoms with E-state index in [4.69, 9.17) is 4.98 Å². The summed E-state index contributed by atoms with van der Waals surface area (Å²) in [4.78, 5) is 14.1. The molecule has 1 fully saturated rings. The lowest BCUT2D eigenvalue weighted by molar-refractivity contribution is 0.317. The molecule has 158 valence electrons. The fourth-order valence-electron chi connectivity index (χ4n) is 4.52. The molecule has 6 heteroatoms. The third-order valence-corrected chi connectivity index (χ3v) is 6.11. The van der Waals surface area contributed by atoms with Crippen molar-refractivity contribution in [3.63, 3.8) is 0 Å². The van der Waals surface area contributed by atoms with Crippen LogP contribution >= 0.6 is 0 Å². The molecule has 1 atom stereocenters. The van der Waals surface area contributed by atoms with E-state index in [1.54, 1.807) is 6.33 Å². The van der Waals surface area contributed by atoms with Gasteiger partial charge in [0, 0.05) is 37.8 Å². The van der Waals surface area contributed by atoms with Gasteiger partial charge in [-0.15, -0.1) is 0 Å². The number of nitrogens with zero attached hydrogens (tertiary/aromatic N) is 6. The summed E-state index contributed by atoms with van der Waals surface area (Å²) in [5, 5.41) is 4.46. The molecule has 1 aliphatic rings. The minimum Gasteiger partial charge on any atom is -0.356 e. The van der Waals surface area contributed by atoms with Crippen LogP contribution in [0.3, 0.4) is 0 Å². The van der Waals surface area contributed by atoms with E-state index in [-0.39, 0.29) is 0 Å². The zero-order valence-corrected chi connectivity index (χ0v) is 17.9. The number of fused-ring (bicyclic) bond motifs is 1. The Hall–Kier alpha value is -3.25. The zero-order valence-electron chi connectivity index (χ0n) is 17.9. The summed E-state index contributed by atoms with van der Waals surface area (Å²) in [6.07, 6.45) is 2.81. The van der Waals surface area contributed by atoms with Gasteiger partial charge in [0.05, 0.1) is 5.69 Å². The van der Waals surface area contributed by atoms with Crippen molar-refractivity contribution in [1.29, 1.82) is 0 Å². The van der Waals surface area contributed by atoms with Gasteiger partial charge in [-0.25, -0.2) is 4.98 Å². The highest BCUT2D eigenvalue weighted by Gasteiger charge is 2.25. The van der Waals surface area contributed by atoms with Crippen LogP contribution in [0.5, 0.6) is 0 Å². The molecule has 0 radical (unpaired) electrons. The summed E-state index contributed by atoms with van der Waals surface area (Å²) < 4.78 is 1.87. The summed E-state index contributed by atoms with van der Waals surface area (Å²) in [7, 11) is 0. The molecule has 0 N–H and O–H groups in total. The predicted molar refractivity (Wildman–Crippen MR) is 124 cm³/mol. The highest BCUT2D eigenvalue weighted by atomic mass is 15.4. The number of anilines is 1. The molecule has 31 heavy (non-hydrogen) atoms. The van der Waals surface area contributed by atoms with Gasteiger partial charge in [-0.2, -0.15) is 14.6 Å². The molecule has 1 saturated heterocycles. The summed E-state index contributed by atoms with van der Waals surface area (Å²) in [5.41, 5.74) is 3.42. The van der Waals surface area contributed by atoms with Crippen molar-refractivity contribution in [2.75, 3.05) is 31.1 Å². The minimum atomic E-state index is 0.635. The lowest BCUT2D eigenvalue weighted by Gasteiger charge is -2.27. The second kappa shape index (κ2) is 8.86. The second-order valence-corrected chi connectivity index (χ2v) is 8.25. The Bertz CT molecular complexity index is 1120. The lowest BCUT2D eigenvalue weighted by Crippen LogP contribution is -2.32. The van der Waals surface area contributed by atoms with Crippen molar-refractivity contribution >= 4 is 11.6 Å². The van der Waals surface area contributed by atoms with Gasteiger partial charge in [0.25, 0.3) is 5.78 Å². The average Bonchev–Trinajstić information content (AvgIpc) is 3.47. The van der Waals surface area contributed by atoms with Crippen LogP contribution in [0.4, 0.5) is 5.82 Å². The van der Waals surface area contributed by atoms with Crippen LogP contribution in [0.2, 0.25) is 0 Å². The first-order valence-electron chi connectivity index (χ1n) is 11.1. The van der Waals surface area contributed by atoms with Gasteiger partial charge >= 0.3 is 0 Å². The van der Waals surface area contributed by atoms with Crippen LogP contribution in [0.15, 0.2) is 73.1 Å². The predicted octanol–water partition coefficient (Wildman–Crippen LogP) is 4.14. The number of rotatable bonds is 7. The molecule has 2 aromatic carbocycles. The zero-order chi connectivity index (χ0) is 21.0. The molecule has 0 spiro atoms. The average molecular weight is 413 g/mol. The summed E-state index contributed by atoms with van der Waals surface area (Å²) in [5.74, 6) is 2.34. The minimum absolute atomic E-state index is 0.635. The molecule has 1 unspecified atom stereocenters. The first-order valence-corrected chi connectivity index (χ1v) is 11.1. The van der Waals surface area contributed by atoms with E-state index in [9.17, 15) is 0 Å². The van der Waals surface area contributed by atoms with Gasteiger partial charge < -0.3 is 4.90 Å². The molecule has 0 bridgehead atoms. The Morgan fingerprint density at radius 2 is 1.81 bits per heavy atom. The van der Waals surface area contributed by atoms with Gasteiger partial charge in [-0.1, -0.05) is 60.7 Å². The number of aromatic nitrogens is 4. The summed E-state index contributed by atoms with van der Waals surface area (Å²) in [6.45, 7) is 7.45. The van der Waals surface area contributed by atoms with E-state index in [2.05, 4.69) is 75.3 Å². The van der Waals surface area contributed by atoms with E-state index in [0.717, 1.165) is 49.8 Å². The van der Waals surface area contributed by atoms with Crippen molar-refractivity contribution in [3.05, 3.63) is 78.6 Å². The van der Waals surface area contributed by atoms with Gasteiger partial charge in [-0.05, 0) is 31.4 Å². The van der Waals surface area contributed by atoms with Crippen LogP contribution in [-0.2, 0) is 6.54 Å². The molecule has 0 saturated carbocycles. The van der Waals surface area contributed by atoms with Gasteiger partial charge in [-0.3, -0.25) is 4.90 Å². The molecule has 5 rings (SSSR count).